The Bertz CT molecular complexity index is 557. The lowest BCUT2D eigenvalue weighted by Crippen LogP contribution is -2.38. The van der Waals surface area contributed by atoms with E-state index in [0.29, 0.717) is 25.7 Å². The second kappa shape index (κ2) is 11.6. The third kappa shape index (κ3) is 12.3. The lowest BCUT2D eigenvalue weighted by molar-refractivity contribution is -0.132. The van der Waals surface area contributed by atoms with Crippen LogP contribution >= 0.6 is 24.0 Å². The first-order chi connectivity index (χ1) is 11.6. The first kappa shape index (κ1) is 25.0. The minimum Gasteiger partial charge on any atom is -0.371 e. The van der Waals surface area contributed by atoms with Crippen LogP contribution in [0, 0.1) is 0 Å². The standard InChI is InChI=1S/C18H28F3N3O.HI/c1-5-22-16(23-10-9-18(19,20)21)24-12-14-7-6-8-15(11-14)13-25-17(2,3)4;/h6-8,11H,5,9-10,12-13H2,1-4H3,(H2,22,23,24);1H. The maximum absolute atomic E-state index is 12.2. The van der Waals surface area contributed by atoms with Crippen LogP contribution < -0.4 is 10.6 Å². The molecule has 0 unspecified atom stereocenters. The molecule has 26 heavy (non-hydrogen) atoms. The molecule has 1 aromatic rings. The number of halogens is 4. The summed E-state index contributed by atoms with van der Waals surface area (Å²) in [6, 6.07) is 7.83. The molecule has 0 heterocycles. The summed E-state index contributed by atoms with van der Waals surface area (Å²) >= 11 is 0. The van der Waals surface area contributed by atoms with Gasteiger partial charge in [-0.1, -0.05) is 24.3 Å². The molecule has 0 aliphatic carbocycles. The molecule has 0 aromatic heterocycles. The molecule has 0 saturated carbocycles. The fourth-order valence-electron chi connectivity index (χ4n) is 1.95. The van der Waals surface area contributed by atoms with E-state index in [-0.39, 0.29) is 36.1 Å². The van der Waals surface area contributed by atoms with E-state index >= 15 is 0 Å². The summed E-state index contributed by atoms with van der Waals surface area (Å²) in [6.45, 7) is 9.12. The van der Waals surface area contributed by atoms with Crippen molar-refractivity contribution in [2.45, 2.75) is 59.0 Å². The van der Waals surface area contributed by atoms with Crippen molar-refractivity contribution in [3.63, 3.8) is 0 Å². The van der Waals surface area contributed by atoms with E-state index in [0.717, 1.165) is 11.1 Å². The van der Waals surface area contributed by atoms with Crippen LogP contribution in [0.2, 0.25) is 0 Å². The third-order valence-electron chi connectivity index (χ3n) is 3.13. The molecule has 0 amide bonds. The van der Waals surface area contributed by atoms with Crippen LogP contribution in [0.5, 0.6) is 0 Å². The average Bonchev–Trinajstić information content (AvgIpc) is 2.49. The molecule has 0 aliphatic rings. The van der Waals surface area contributed by atoms with Crippen molar-refractivity contribution in [2.75, 3.05) is 13.1 Å². The van der Waals surface area contributed by atoms with Crippen molar-refractivity contribution in [3.05, 3.63) is 35.4 Å². The Hall–Kier alpha value is -1.03. The first-order valence-electron chi connectivity index (χ1n) is 8.40. The summed E-state index contributed by atoms with van der Waals surface area (Å²) < 4.78 is 42.4. The van der Waals surface area contributed by atoms with E-state index in [1.54, 1.807) is 0 Å². The number of rotatable bonds is 7. The van der Waals surface area contributed by atoms with Gasteiger partial charge in [-0.2, -0.15) is 13.2 Å². The molecule has 0 fully saturated rings. The van der Waals surface area contributed by atoms with E-state index in [2.05, 4.69) is 15.6 Å². The lowest BCUT2D eigenvalue weighted by Gasteiger charge is -2.19. The number of guanidine groups is 1. The summed E-state index contributed by atoms with van der Waals surface area (Å²) in [5.41, 5.74) is 1.80. The van der Waals surface area contributed by atoms with Crippen molar-refractivity contribution in [3.8, 4) is 0 Å². The fraction of sp³-hybridized carbons (Fsp3) is 0.611. The Morgan fingerprint density at radius 3 is 2.35 bits per heavy atom. The molecule has 0 aliphatic heterocycles. The molecule has 4 nitrogen and oxygen atoms in total. The highest BCUT2D eigenvalue weighted by Gasteiger charge is 2.26. The smallest absolute Gasteiger partial charge is 0.371 e. The topological polar surface area (TPSA) is 45.7 Å². The van der Waals surface area contributed by atoms with Gasteiger partial charge < -0.3 is 15.4 Å². The van der Waals surface area contributed by atoms with Gasteiger partial charge in [0.2, 0.25) is 0 Å². The predicted octanol–water partition coefficient (Wildman–Crippen LogP) is 4.63. The molecule has 0 radical (unpaired) electrons. The highest BCUT2D eigenvalue weighted by Crippen LogP contribution is 2.18. The largest absolute Gasteiger partial charge is 0.390 e. The summed E-state index contributed by atoms with van der Waals surface area (Å²) in [5.74, 6) is 0.378. The number of nitrogens with zero attached hydrogens (tertiary/aromatic N) is 1. The molecule has 2 N–H and O–H groups in total. The number of hydrogen-bond donors (Lipinski definition) is 2. The van der Waals surface area contributed by atoms with Gasteiger partial charge in [-0.15, -0.1) is 24.0 Å². The van der Waals surface area contributed by atoms with E-state index < -0.39 is 12.6 Å². The molecule has 0 spiro atoms. The zero-order valence-electron chi connectivity index (χ0n) is 15.7. The Morgan fingerprint density at radius 2 is 1.77 bits per heavy atom. The molecule has 0 bridgehead atoms. The fourth-order valence-corrected chi connectivity index (χ4v) is 1.95. The van der Waals surface area contributed by atoms with Crippen molar-refractivity contribution < 1.29 is 17.9 Å². The van der Waals surface area contributed by atoms with Gasteiger partial charge in [0.1, 0.15) is 0 Å². The Kier molecular flexibility index (Phi) is 11.2. The second-order valence-corrected chi connectivity index (χ2v) is 6.71. The second-order valence-electron chi connectivity index (χ2n) is 6.71. The van der Waals surface area contributed by atoms with Crippen molar-refractivity contribution in [2.24, 2.45) is 4.99 Å². The average molecular weight is 487 g/mol. The molecule has 0 saturated heterocycles. The number of hydrogen-bond acceptors (Lipinski definition) is 2. The van der Waals surface area contributed by atoms with Crippen LogP contribution in [0.25, 0.3) is 0 Å². The first-order valence-corrected chi connectivity index (χ1v) is 8.40. The molecule has 1 rings (SSSR count). The zero-order valence-corrected chi connectivity index (χ0v) is 18.1. The number of nitrogens with one attached hydrogen (secondary N) is 2. The van der Waals surface area contributed by atoms with E-state index in [9.17, 15) is 13.2 Å². The maximum Gasteiger partial charge on any atom is 0.390 e. The van der Waals surface area contributed by atoms with Gasteiger partial charge in [-0.25, -0.2) is 4.99 Å². The predicted molar refractivity (Wildman–Crippen MR) is 110 cm³/mol. The molecular formula is C18H29F3IN3O. The van der Waals surface area contributed by atoms with E-state index in [4.69, 9.17) is 4.74 Å². The van der Waals surface area contributed by atoms with Gasteiger partial charge in [0, 0.05) is 13.1 Å². The summed E-state index contributed by atoms with van der Waals surface area (Å²) in [5, 5.41) is 5.65. The van der Waals surface area contributed by atoms with Gasteiger partial charge >= 0.3 is 6.18 Å². The van der Waals surface area contributed by atoms with Crippen LogP contribution in [0.15, 0.2) is 29.3 Å². The zero-order chi connectivity index (χ0) is 18.9. The SMILES string of the molecule is CCNC(=NCc1cccc(COC(C)(C)C)c1)NCCC(F)(F)F.I. The third-order valence-corrected chi connectivity index (χ3v) is 3.13. The molecule has 1 aromatic carbocycles. The summed E-state index contributed by atoms with van der Waals surface area (Å²) in [7, 11) is 0. The molecule has 8 heteroatoms. The Labute approximate surface area is 171 Å². The summed E-state index contributed by atoms with van der Waals surface area (Å²) in [4.78, 5) is 4.34. The quantitative estimate of drug-likeness (QED) is 0.335. The van der Waals surface area contributed by atoms with E-state index in [1.165, 1.54) is 0 Å². The van der Waals surface area contributed by atoms with Crippen LogP contribution in [-0.2, 0) is 17.9 Å². The van der Waals surface area contributed by atoms with Crippen LogP contribution in [0.1, 0.15) is 45.2 Å². The monoisotopic (exact) mass is 487 g/mol. The van der Waals surface area contributed by atoms with Crippen LogP contribution in [-0.4, -0.2) is 30.8 Å². The normalized spacial score (nSPS) is 12.5. The maximum atomic E-state index is 12.2. The molecule has 150 valence electrons. The van der Waals surface area contributed by atoms with Crippen molar-refractivity contribution in [1.29, 1.82) is 0 Å². The number of alkyl halides is 3. The van der Waals surface area contributed by atoms with Crippen LogP contribution in [0.3, 0.4) is 0 Å². The summed E-state index contributed by atoms with van der Waals surface area (Å²) in [6.07, 6.45) is -5.07. The highest BCUT2D eigenvalue weighted by atomic mass is 127. The van der Waals surface area contributed by atoms with Crippen molar-refractivity contribution in [1.82, 2.24) is 10.6 Å². The highest BCUT2D eigenvalue weighted by molar-refractivity contribution is 14.0. The minimum atomic E-state index is -4.17. The van der Waals surface area contributed by atoms with Gasteiger partial charge in [0.25, 0.3) is 0 Å². The molecular weight excluding hydrogens is 458 g/mol. The molecule has 0 atom stereocenters. The number of benzene rings is 1. The Morgan fingerprint density at radius 1 is 1.12 bits per heavy atom. The van der Waals surface area contributed by atoms with Gasteiger partial charge in [0.05, 0.1) is 25.2 Å². The number of ether oxygens (including phenoxy) is 1. The van der Waals surface area contributed by atoms with Gasteiger partial charge in [0.15, 0.2) is 5.96 Å². The minimum absolute atomic E-state index is 0. The lowest BCUT2D eigenvalue weighted by atomic mass is 10.1. The van der Waals surface area contributed by atoms with Gasteiger partial charge in [-0.05, 0) is 38.8 Å². The van der Waals surface area contributed by atoms with Crippen LogP contribution in [0.4, 0.5) is 13.2 Å². The van der Waals surface area contributed by atoms with Gasteiger partial charge in [-0.3, -0.25) is 0 Å². The van der Waals surface area contributed by atoms with E-state index in [1.807, 2.05) is 52.0 Å². The van der Waals surface area contributed by atoms with Crippen molar-refractivity contribution >= 4 is 29.9 Å². The Balaban J connectivity index is 0.00000625. The number of aliphatic imine (C=N–C) groups is 1.